The van der Waals surface area contributed by atoms with Crippen molar-refractivity contribution in [3.05, 3.63) is 17.7 Å². The first-order valence-electron chi connectivity index (χ1n) is 8.00. The zero-order chi connectivity index (χ0) is 19.1. The van der Waals surface area contributed by atoms with Crippen molar-refractivity contribution < 1.29 is 27.8 Å². The van der Waals surface area contributed by atoms with Crippen LogP contribution in [0.4, 0.5) is 8.78 Å². The van der Waals surface area contributed by atoms with Gasteiger partial charge in [0.1, 0.15) is 5.75 Å². The van der Waals surface area contributed by atoms with E-state index < -0.39 is 6.61 Å². The van der Waals surface area contributed by atoms with Gasteiger partial charge in [-0.05, 0) is 13.0 Å². The van der Waals surface area contributed by atoms with Crippen LogP contribution >= 0.6 is 0 Å². The Hall–Kier alpha value is -2.78. The highest BCUT2D eigenvalue weighted by molar-refractivity contribution is 5.86. The van der Waals surface area contributed by atoms with Crippen molar-refractivity contribution >= 4 is 11.9 Å². The minimum absolute atomic E-state index is 0.0208. The van der Waals surface area contributed by atoms with E-state index in [1.165, 1.54) is 11.0 Å². The van der Waals surface area contributed by atoms with Gasteiger partial charge in [-0.25, -0.2) is 4.99 Å². The van der Waals surface area contributed by atoms with Gasteiger partial charge in [0.25, 0.3) is 0 Å². The highest BCUT2D eigenvalue weighted by Gasteiger charge is 2.20. The van der Waals surface area contributed by atoms with E-state index in [1.807, 2.05) is 6.92 Å². The van der Waals surface area contributed by atoms with Crippen LogP contribution in [0.5, 0.6) is 17.2 Å². The van der Waals surface area contributed by atoms with Crippen LogP contribution in [0.25, 0.3) is 0 Å². The maximum Gasteiger partial charge on any atom is 0.387 e. The molecule has 26 heavy (non-hydrogen) atoms. The highest BCUT2D eigenvalue weighted by Crippen LogP contribution is 2.38. The number of alkyl halides is 2. The molecule has 1 amide bonds. The minimum atomic E-state index is -2.97. The zero-order valence-corrected chi connectivity index (χ0v) is 14.8. The van der Waals surface area contributed by atoms with Crippen molar-refractivity contribution in [1.82, 2.24) is 15.5 Å². The van der Waals surface area contributed by atoms with E-state index in [1.54, 1.807) is 20.2 Å². The molecule has 8 nitrogen and oxygen atoms in total. The molecule has 0 fully saturated rings. The number of hydrogen-bond donors (Lipinski definition) is 2. The van der Waals surface area contributed by atoms with E-state index in [0.29, 0.717) is 29.6 Å². The second-order valence-corrected chi connectivity index (χ2v) is 5.53. The van der Waals surface area contributed by atoms with Crippen molar-refractivity contribution in [1.29, 1.82) is 0 Å². The number of fused-ring (bicyclic) bond motifs is 1. The van der Waals surface area contributed by atoms with E-state index in [4.69, 9.17) is 9.47 Å². The second-order valence-electron chi connectivity index (χ2n) is 5.53. The Labute approximate surface area is 150 Å². The van der Waals surface area contributed by atoms with Crippen molar-refractivity contribution in [2.45, 2.75) is 20.1 Å². The van der Waals surface area contributed by atoms with Crippen molar-refractivity contribution in [3.63, 3.8) is 0 Å². The fraction of sp³-hybridized carbons (Fsp3) is 0.500. The van der Waals surface area contributed by atoms with Gasteiger partial charge in [0, 0.05) is 32.3 Å². The van der Waals surface area contributed by atoms with E-state index >= 15 is 0 Å². The third kappa shape index (κ3) is 5.36. The average molecular weight is 372 g/mol. The average Bonchev–Trinajstić information content (AvgIpc) is 3.03. The molecule has 1 aliphatic heterocycles. The fourth-order valence-electron chi connectivity index (χ4n) is 2.12. The lowest BCUT2D eigenvalue weighted by Crippen LogP contribution is -2.42. The number of nitrogens with one attached hydrogen (secondary N) is 2. The molecular formula is C16H22F2N4O4. The zero-order valence-electron chi connectivity index (χ0n) is 14.8. The molecule has 0 aromatic heterocycles. The molecular weight excluding hydrogens is 350 g/mol. The number of likely N-dealkylation sites (N-methyl/N-ethyl adjacent to an activating group) is 1. The Morgan fingerprint density at radius 1 is 1.31 bits per heavy atom. The first-order valence-corrected chi connectivity index (χ1v) is 8.00. The lowest BCUT2D eigenvalue weighted by Gasteiger charge is -2.15. The van der Waals surface area contributed by atoms with Crippen LogP contribution in [0.15, 0.2) is 17.1 Å². The molecule has 1 heterocycles. The SMILES string of the molecule is CCNC(=NCc1cc2c(cc1OC(F)F)OCO2)NCC(=O)N(C)C. The summed E-state index contributed by atoms with van der Waals surface area (Å²) >= 11 is 0. The van der Waals surface area contributed by atoms with Crippen molar-refractivity contribution in [3.8, 4) is 17.2 Å². The molecule has 1 aromatic carbocycles. The van der Waals surface area contributed by atoms with Crippen LogP contribution in [-0.4, -0.2) is 57.4 Å². The minimum Gasteiger partial charge on any atom is -0.454 e. The summed E-state index contributed by atoms with van der Waals surface area (Å²) in [5.41, 5.74) is 0.408. The molecule has 2 N–H and O–H groups in total. The standard InChI is InChI=1S/C16H22F2N4O4/c1-4-19-16(21-8-14(23)22(2)3)20-7-10-5-12-13(25-9-24-12)6-11(10)26-15(17)18/h5-6,15H,4,7-9H2,1-3H3,(H2,19,20,21). The van der Waals surface area contributed by atoms with E-state index in [0.717, 1.165) is 0 Å². The normalized spacial score (nSPS) is 12.9. The van der Waals surface area contributed by atoms with Gasteiger partial charge in [0.05, 0.1) is 13.1 Å². The van der Waals surface area contributed by atoms with Crippen LogP contribution in [-0.2, 0) is 11.3 Å². The number of benzene rings is 1. The number of amides is 1. The van der Waals surface area contributed by atoms with Gasteiger partial charge in [-0.2, -0.15) is 8.78 Å². The Morgan fingerprint density at radius 3 is 2.62 bits per heavy atom. The van der Waals surface area contributed by atoms with Crippen molar-refractivity contribution in [2.24, 2.45) is 4.99 Å². The molecule has 0 spiro atoms. The predicted molar refractivity (Wildman–Crippen MR) is 90.7 cm³/mol. The summed E-state index contributed by atoms with van der Waals surface area (Å²) in [7, 11) is 3.29. The van der Waals surface area contributed by atoms with Gasteiger partial charge in [-0.3, -0.25) is 4.79 Å². The third-order valence-corrected chi connectivity index (χ3v) is 3.43. The summed E-state index contributed by atoms with van der Waals surface area (Å²) in [5, 5.41) is 5.87. The maximum atomic E-state index is 12.7. The summed E-state index contributed by atoms with van der Waals surface area (Å²) < 4.78 is 40.3. The van der Waals surface area contributed by atoms with Crippen LogP contribution in [0.1, 0.15) is 12.5 Å². The smallest absolute Gasteiger partial charge is 0.387 e. The number of hydrogen-bond acceptors (Lipinski definition) is 5. The third-order valence-electron chi connectivity index (χ3n) is 3.43. The number of carbonyl (C=O) groups is 1. The quantitative estimate of drug-likeness (QED) is 0.552. The number of halogens is 2. The number of carbonyl (C=O) groups excluding carboxylic acids is 1. The van der Waals surface area contributed by atoms with E-state index in [9.17, 15) is 13.6 Å². The number of guanidine groups is 1. The van der Waals surface area contributed by atoms with Gasteiger partial charge in [0.2, 0.25) is 12.7 Å². The summed E-state index contributed by atoms with van der Waals surface area (Å²) in [6.07, 6.45) is 0. The number of ether oxygens (including phenoxy) is 3. The van der Waals surface area contributed by atoms with E-state index in [2.05, 4.69) is 20.4 Å². The van der Waals surface area contributed by atoms with Gasteiger partial charge >= 0.3 is 6.61 Å². The number of rotatable bonds is 7. The molecule has 0 atom stereocenters. The molecule has 10 heteroatoms. The Balaban J connectivity index is 2.15. The number of aliphatic imine (C=N–C) groups is 1. The van der Waals surface area contributed by atoms with Crippen molar-refractivity contribution in [2.75, 3.05) is 34.0 Å². The second kappa shape index (κ2) is 9.07. The lowest BCUT2D eigenvalue weighted by atomic mass is 10.1. The predicted octanol–water partition coefficient (Wildman–Crippen LogP) is 1.16. The van der Waals surface area contributed by atoms with Crippen LogP contribution in [0.3, 0.4) is 0 Å². The number of nitrogens with zero attached hydrogens (tertiary/aromatic N) is 2. The first kappa shape index (κ1) is 19.5. The maximum absolute atomic E-state index is 12.7. The lowest BCUT2D eigenvalue weighted by molar-refractivity contribution is -0.127. The summed E-state index contributed by atoms with van der Waals surface area (Å²) in [6.45, 7) is -0.403. The molecule has 0 saturated heterocycles. The van der Waals surface area contributed by atoms with E-state index in [-0.39, 0.29) is 31.5 Å². The molecule has 1 aromatic rings. The Morgan fingerprint density at radius 2 is 2.00 bits per heavy atom. The molecule has 2 rings (SSSR count). The molecule has 1 aliphatic rings. The molecule has 0 unspecified atom stereocenters. The summed E-state index contributed by atoms with van der Waals surface area (Å²) in [4.78, 5) is 17.4. The van der Waals surface area contributed by atoms with Gasteiger partial charge in [-0.1, -0.05) is 0 Å². The molecule has 0 aliphatic carbocycles. The summed E-state index contributed by atoms with van der Waals surface area (Å²) in [5.74, 6) is 1.00. The highest BCUT2D eigenvalue weighted by atomic mass is 19.3. The van der Waals surface area contributed by atoms with Gasteiger partial charge in [-0.15, -0.1) is 0 Å². The summed E-state index contributed by atoms with van der Waals surface area (Å²) in [6, 6.07) is 2.91. The van der Waals surface area contributed by atoms with Gasteiger partial charge in [0.15, 0.2) is 17.5 Å². The first-order chi connectivity index (χ1) is 12.4. The van der Waals surface area contributed by atoms with Gasteiger partial charge < -0.3 is 29.7 Å². The Kier molecular flexibility index (Phi) is 6.81. The van der Waals surface area contributed by atoms with Crippen LogP contribution in [0, 0.1) is 0 Å². The molecule has 144 valence electrons. The largest absolute Gasteiger partial charge is 0.454 e. The molecule has 0 radical (unpaired) electrons. The Bertz CT molecular complexity index is 668. The van der Waals surface area contributed by atoms with Crippen LogP contribution < -0.4 is 24.8 Å². The molecule has 0 saturated carbocycles. The molecule has 0 bridgehead atoms. The van der Waals surface area contributed by atoms with Crippen LogP contribution in [0.2, 0.25) is 0 Å². The topological polar surface area (TPSA) is 84.4 Å². The monoisotopic (exact) mass is 372 g/mol. The fourth-order valence-corrected chi connectivity index (χ4v) is 2.12.